The first kappa shape index (κ1) is 24.4. The Kier molecular flexibility index (Phi) is 7.09. The van der Waals surface area contributed by atoms with Gasteiger partial charge in [-0.05, 0) is 40.2 Å². The van der Waals surface area contributed by atoms with E-state index >= 15 is 0 Å². The van der Waals surface area contributed by atoms with Gasteiger partial charge in [0, 0.05) is 16.4 Å². The molecule has 0 fully saturated rings. The number of pyridine rings is 2. The number of carbonyl (C=O) groups is 1. The molecule has 5 nitrogen and oxygen atoms in total. The standard InChI is InChI=1S/C15H8BrCl2F7N4O/c16-6-1-2-8(26-5-6)11(30)29-12(13(19,20)14(21,22)15(23,24)25)27-7-3-9(17)28-10(18)4-7/h1-5,12H,(H,27,28)(H,29,30). The van der Waals surface area contributed by atoms with Gasteiger partial charge in [0.1, 0.15) is 16.0 Å². The smallest absolute Gasteiger partial charge is 0.360 e. The lowest BCUT2D eigenvalue weighted by Crippen LogP contribution is -2.64. The van der Waals surface area contributed by atoms with Crippen LogP contribution in [-0.2, 0) is 0 Å². The Balaban J connectivity index is 2.45. The molecule has 2 heterocycles. The Morgan fingerprint density at radius 3 is 2.07 bits per heavy atom. The molecule has 0 aliphatic heterocycles. The summed E-state index contributed by atoms with van der Waals surface area (Å²) in [4.78, 5) is 19.2. The van der Waals surface area contributed by atoms with Crippen molar-refractivity contribution < 1.29 is 35.5 Å². The van der Waals surface area contributed by atoms with E-state index in [1.54, 1.807) is 5.32 Å². The van der Waals surface area contributed by atoms with Crippen LogP contribution in [0, 0.1) is 0 Å². The van der Waals surface area contributed by atoms with Crippen molar-refractivity contribution in [3.63, 3.8) is 0 Å². The van der Waals surface area contributed by atoms with Gasteiger partial charge >= 0.3 is 18.0 Å². The van der Waals surface area contributed by atoms with Crippen LogP contribution in [0.25, 0.3) is 0 Å². The summed E-state index contributed by atoms with van der Waals surface area (Å²) in [5.41, 5.74) is -1.03. The molecule has 2 N–H and O–H groups in total. The maximum atomic E-state index is 14.3. The molecule has 0 saturated heterocycles. The van der Waals surface area contributed by atoms with Crippen molar-refractivity contribution in [1.82, 2.24) is 15.3 Å². The predicted molar refractivity (Wildman–Crippen MR) is 97.0 cm³/mol. The summed E-state index contributed by atoms with van der Waals surface area (Å²) in [7, 11) is 0. The van der Waals surface area contributed by atoms with E-state index in [4.69, 9.17) is 23.2 Å². The second-order valence-electron chi connectivity index (χ2n) is 5.61. The van der Waals surface area contributed by atoms with Crippen molar-refractivity contribution in [3.05, 3.63) is 50.9 Å². The van der Waals surface area contributed by atoms with Crippen LogP contribution in [0.15, 0.2) is 34.9 Å². The van der Waals surface area contributed by atoms with Gasteiger partial charge in [0.25, 0.3) is 5.91 Å². The van der Waals surface area contributed by atoms with Crippen molar-refractivity contribution in [2.75, 3.05) is 5.32 Å². The minimum atomic E-state index is -6.62. The number of hydrogen-bond donors (Lipinski definition) is 2. The summed E-state index contributed by atoms with van der Waals surface area (Å²) in [5.74, 6) is -13.8. The van der Waals surface area contributed by atoms with Gasteiger partial charge in [0.15, 0.2) is 6.17 Å². The Labute approximate surface area is 182 Å². The summed E-state index contributed by atoms with van der Waals surface area (Å²) in [6.45, 7) is 0. The highest BCUT2D eigenvalue weighted by molar-refractivity contribution is 9.10. The fourth-order valence-electron chi connectivity index (χ4n) is 2.02. The first-order valence-corrected chi connectivity index (χ1v) is 9.04. The molecule has 0 spiro atoms. The number of anilines is 1. The summed E-state index contributed by atoms with van der Waals surface area (Å²) in [6.07, 6.45) is -8.78. The monoisotopic (exact) mass is 542 g/mol. The molecule has 30 heavy (non-hydrogen) atoms. The zero-order valence-electron chi connectivity index (χ0n) is 14.0. The van der Waals surface area contributed by atoms with Gasteiger partial charge in [0.05, 0.1) is 0 Å². The molecule has 0 aliphatic carbocycles. The highest BCUT2D eigenvalue weighted by atomic mass is 79.9. The number of nitrogens with zero attached hydrogens (tertiary/aromatic N) is 2. The van der Waals surface area contributed by atoms with E-state index in [9.17, 15) is 35.5 Å². The van der Waals surface area contributed by atoms with Crippen LogP contribution in [0.3, 0.4) is 0 Å². The van der Waals surface area contributed by atoms with Gasteiger partial charge in [0.2, 0.25) is 0 Å². The zero-order valence-corrected chi connectivity index (χ0v) is 17.1. The van der Waals surface area contributed by atoms with Gasteiger partial charge in [-0.1, -0.05) is 23.2 Å². The summed E-state index contributed by atoms with van der Waals surface area (Å²) in [5, 5.41) is 2.32. The number of aromatic nitrogens is 2. The zero-order chi connectivity index (χ0) is 22.9. The molecule has 2 aromatic rings. The average molecular weight is 544 g/mol. The van der Waals surface area contributed by atoms with E-state index in [0.29, 0.717) is 4.47 Å². The summed E-state index contributed by atoms with van der Waals surface area (Å²) in [6, 6.07) is 3.95. The van der Waals surface area contributed by atoms with Gasteiger partial charge in [-0.2, -0.15) is 30.7 Å². The third-order valence-corrected chi connectivity index (χ3v) is 4.30. The van der Waals surface area contributed by atoms with E-state index in [1.165, 1.54) is 11.4 Å². The maximum Gasteiger partial charge on any atom is 0.460 e. The molecule has 1 amide bonds. The van der Waals surface area contributed by atoms with Crippen molar-refractivity contribution in [2.45, 2.75) is 24.2 Å². The molecule has 164 valence electrons. The summed E-state index contributed by atoms with van der Waals surface area (Å²) >= 11 is 14.1. The lowest BCUT2D eigenvalue weighted by atomic mass is 10.1. The van der Waals surface area contributed by atoms with Gasteiger partial charge < -0.3 is 10.6 Å². The van der Waals surface area contributed by atoms with Crippen LogP contribution in [-0.4, -0.2) is 40.1 Å². The van der Waals surface area contributed by atoms with E-state index in [0.717, 1.165) is 24.4 Å². The Bertz CT molecular complexity index is 908. The van der Waals surface area contributed by atoms with Crippen LogP contribution in [0.2, 0.25) is 10.3 Å². The number of rotatable bonds is 6. The molecule has 1 atom stereocenters. The Morgan fingerprint density at radius 1 is 1.03 bits per heavy atom. The highest BCUT2D eigenvalue weighted by Gasteiger charge is 2.76. The van der Waals surface area contributed by atoms with E-state index < -0.39 is 41.5 Å². The van der Waals surface area contributed by atoms with E-state index in [1.807, 2.05) is 0 Å². The van der Waals surface area contributed by atoms with Crippen molar-refractivity contribution in [3.8, 4) is 0 Å². The maximum absolute atomic E-state index is 14.3. The second-order valence-corrected chi connectivity index (χ2v) is 7.30. The van der Waals surface area contributed by atoms with Gasteiger partial charge in [-0.3, -0.25) is 4.79 Å². The van der Waals surface area contributed by atoms with Gasteiger partial charge in [-0.15, -0.1) is 0 Å². The number of halogens is 10. The van der Waals surface area contributed by atoms with E-state index in [2.05, 4.69) is 25.9 Å². The molecule has 1 unspecified atom stereocenters. The Morgan fingerprint density at radius 2 is 1.60 bits per heavy atom. The van der Waals surface area contributed by atoms with E-state index in [-0.39, 0.29) is 10.3 Å². The fraction of sp³-hybridized carbons (Fsp3) is 0.267. The molecular formula is C15H8BrCl2F7N4O. The largest absolute Gasteiger partial charge is 0.460 e. The molecular weight excluding hydrogens is 536 g/mol. The molecule has 0 aliphatic rings. The van der Waals surface area contributed by atoms with Crippen LogP contribution in [0.4, 0.5) is 36.4 Å². The van der Waals surface area contributed by atoms with Crippen LogP contribution >= 0.6 is 39.1 Å². The third kappa shape index (κ3) is 5.24. The summed E-state index contributed by atoms with van der Waals surface area (Å²) < 4.78 is 94.1. The SMILES string of the molecule is O=C(NC(Nc1cc(Cl)nc(Cl)c1)C(F)(F)C(F)(F)C(F)(F)F)c1ccc(Br)cn1. The normalized spacial score (nSPS) is 13.7. The topological polar surface area (TPSA) is 66.9 Å². The number of amides is 1. The molecule has 0 aromatic carbocycles. The molecule has 2 rings (SSSR count). The first-order valence-electron chi connectivity index (χ1n) is 7.49. The lowest BCUT2D eigenvalue weighted by molar-refractivity contribution is -0.358. The number of nitrogens with one attached hydrogen (secondary N) is 2. The van der Waals surface area contributed by atoms with Crippen molar-refractivity contribution in [2.24, 2.45) is 0 Å². The highest BCUT2D eigenvalue weighted by Crippen LogP contribution is 2.48. The molecule has 0 radical (unpaired) electrons. The average Bonchev–Trinajstić information content (AvgIpc) is 2.59. The molecule has 0 saturated carbocycles. The molecule has 2 aromatic heterocycles. The van der Waals surface area contributed by atoms with Crippen LogP contribution < -0.4 is 10.6 Å². The van der Waals surface area contributed by atoms with Crippen molar-refractivity contribution >= 4 is 50.7 Å². The quantitative estimate of drug-likeness (QED) is 0.285. The van der Waals surface area contributed by atoms with Crippen LogP contribution in [0.1, 0.15) is 10.5 Å². The second kappa shape index (κ2) is 8.71. The minimum absolute atomic E-state index is 0.379. The minimum Gasteiger partial charge on any atom is -0.360 e. The van der Waals surface area contributed by atoms with Crippen LogP contribution in [0.5, 0.6) is 0 Å². The lowest BCUT2D eigenvalue weighted by Gasteiger charge is -2.35. The molecule has 15 heteroatoms. The number of alkyl halides is 7. The van der Waals surface area contributed by atoms with Gasteiger partial charge in [-0.25, -0.2) is 9.97 Å². The van der Waals surface area contributed by atoms with Crippen molar-refractivity contribution in [1.29, 1.82) is 0 Å². The third-order valence-electron chi connectivity index (χ3n) is 3.45. The first-order chi connectivity index (χ1) is 13.6. The predicted octanol–water partition coefficient (Wildman–Crippen LogP) is 5.55. The fourth-order valence-corrected chi connectivity index (χ4v) is 2.71. The Hall–Kier alpha value is -1.86. The number of hydrogen-bond acceptors (Lipinski definition) is 4. The number of carbonyl (C=O) groups excluding carboxylic acids is 1. The molecule has 0 bridgehead atoms.